The average Bonchev–Trinajstić information content (AvgIpc) is 3.18. The predicted molar refractivity (Wildman–Crippen MR) is 126 cm³/mol. The normalized spacial score (nSPS) is 13.9. The summed E-state index contributed by atoms with van der Waals surface area (Å²) in [6.07, 6.45) is -0.678. The minimum absolute atomic E-state index is 0.213. The molecule has 0 unspecified atom stereocenters. The topological polar surface area (TPSA) is 63.7 Å². The summed E-state index contributed by atoms with van der Waals surface area (Å²) < 4.78 is 30.9. The van der Waals surface area contributed by atoms with Gasteiger partial charge in [0.15, 0.2) is 5.82 Å². The number of aromatic nitrogens is 1. The highest BCUT2D eigenvalue weighted by molar-refractivity contribution is 7.11. The highest BCUT2D eigenvalue weighted by atomic mass is 35.5. The zero-order valence-corrected chi connectivity index (χ0v) is 18.9. The standard InChI is InChI=1S/C23H19ClFN3O3S/c1-26-23(29)31-14-10-28(11-14)22-17-9-18(24)19(20(25)21(17)27-32-22)16-8-13(30-2)7-12-5-3-4-6-15(12)16/h3-9,14H,10-11H2,1-2H3,(H,26,29). The van der Waals surface area contributed by atoms with Gasteiger partial charge >= 0.3 is 6.09 Å². The van der Waals surface area contributed by atoms with E-state index < -0.39 is 11.9 Å². The van der Waals surface area contributed by atoms with Gasteiger partial charge in [0.25, 0.3) is 0 Å². The molecule has 0 radical (unpaired) electrons. The van der Waals surface area contributed by atoms with Crippen molar-refractivity contribution in [2.45, 2.75) is 6.10 Å². The van der Waals surface area contributed by atoms with E-state index in [1.54, 1.807) is 19.2 Å². The van der Waals surface area contributed by atoms with Crippen LogP contribution in [0.1, 0.15) is 0 Å². The molecule has 32 heavy (non-hydrogen) atoms. The van der Waals surface area contributed by atoms with Crippen molar-refractivity contribution < 1.29 is 18.7 Å². The lowest BCUT2D eigenvalue weighted by Crippen LogP contribution is -2.53. The molecule has 0 saturated carbocycles. The number of fused-ring (bicyclic) bond motifs is 2. The molecule has 2 heterocycles. The molecule has 1 N–H and O–H groups in total. The van der Waals surface area contributed by atoms with Gasteiger partial charge in [0.2, 0.25) is 0 Å². The molecule has 0 spiro atoms. The van der Waals surface area contributed by atoms with Crippen LogP contribution in [0.5, 0.6) is 5.75 Å². The smallest absolute Gasteiger partial charge is 0.407 e. The molecular weight excluding hydrogens is 453 g/mol. The second-order valence-corrected chi connectivity index (χ2v) is 8.67. The molecule has 3 aromatic carbocycles. The van der Waals surface area contributed by atoms with Crippen LogP contribution in [0.2, 0.25) is 5.02 Å². The summed E-state index contributed by atoms with van der Waals surface area (Å²) in [7, 11) is 3.10. The van der Waals surface area contributed by atoms with Crippen molar-refractivity contribution in [2.24, 2.45) is 0 Å². The Morgan fingerprint density at radius 1 is 1.25 bits per heavy atom. The van der Waals surface area contributed by atoms with Gasteiger partial charge in [-0.2, -0.15) is 4.37 Å². The van der Waals surface area contributed by atoms with Crippen molar-refractivity contribution in [3.8, 4) is 16.9 Å². The molecule has 4 aromatic rings. The van der Waals surface area contributed by atoms with Crippen LogP contribution in [-0.2, 0) is 4.74 Å². The maximum atomic E-state index is 15.8. The molecule has 6 nitrogen and oxygen atoms in total. The number of rotatable bonds is 4. The number of benzene rings is 3. The van der Waals surface area contributed by atoms with Gasteiger partial charge in [0, 0.05) is 18.0 Å². The summed E-state index contributed by atoms with van der Waals surface area (Å²) in [5.74, 6) is 0.156. The van der Waals surface area contributed by atoms with Crippen LogP contribution in [0.4, 0.5) is 14.2 Å². The number of carbonyl (C=O) groups excluding carboxylic acids is 1. The van der Waals surface area contributed by atoms with Crippen LogP contribution >= 0.6 is 23.1 Å². The van der Waals surface area contributed by atoms with Gasteiger partial charge in [0.05, 0.1) is 25.2 Å². The third kappa shape index (κ3) is 3.40. The fourth-order valence-electron chi connectivity index (χ4n) is 3.97. The van der Waals surface area contributed by atoms with Crippen LogP contribution in [0.25, 0.3) is 32.8 Å². The van der Waals surface area contributed by atoms with E-state index in [4.69, 9.17) is 21.1 Å². The van der Waals surface area contributed by atoms with E-state index in [2.05, 4.69) is 9.69 Å². The van der Waals surface area contributed by atoms with Crippen LogP contribution in [0.3, 0.4) is 0 Å². The Balaban J connectivity index is 1.57. The molecule has 0 atom stereocenters. The number of anilines is 1. The Morgan fingerprint density at radius 2 is 2.03 bits per heavy atom. The third-order valence-electron chi connectivity index (χ3n) is 5.60. The molecule has 5 rings (SSSR count). The molecule has 1 aromatic heterocycles. The van der Waals surface area contributed by atoms with E-state index in [0.717, 1.165) is 15.8 Å². The Morgan fingerprint density at radius 3 is 2.78 bits per heavy atom. The van der Waals surface area contributed by atoms with Crippen LogP contribution in [-0.4, -0.2) is 43.8 Å². The number of carbonyl (C=O) groups is 1. The van der Waals surface area contributed by atoms with Gasteiger partial charge in [-0.3, -0.25) is 0 Å². The summed E-state index contributed by atoms with van der Waals surface area (Å²) in [6, 6.07) is 13.2. The van der Waals surface area contributed by atoms with Crippen molar-refractivity contribution in [3.05, 3.63) is 53.3 Å². The van der Waals surface area contributed by atoms with Gasteiger partial charge in [-0.15, -0.1) is 0 Å². The number of alkyl carbamates (subject to hydrolysis) is 1. The third-order valence-corrected chi connectivity index (χ3v) is 6.82. The van der Waals surface area contributed by atoms with E-state index in [9.17, 15) is 4.79 Å². The first-order chi connectivity index (χ1) is 15.5. The summed E-state index contributed by atoms with van der Waals surface area (Å²) in [6.45, 7) is 1.04. The Labute approximate surface area is 192 Å². The van der Waals surface area contributed by atoms with Crippen LogP contribution in [0, 0.1) is 5.82 Å². The van der Waals surface area contributed by atoms with Crippen molar-refractivity contribution in [1.29, 1.82) is 0 Å². The average molecular weight is 472 g/mol. The molecule has 1 amide bonds. The monoisotopic (exact) mass is 471 g/mol. The fraction of sp³-hybridized carbons (Fsp3) is 0.217. The van der Waals surface area contributed by atoms with Crippen molar-refractivity contribution >= 4 is 55.9 Å². The van der Waals surface area contributed by atoms with E-state index in [0.29, 0.717) is 40.4 Å². The maximum Gasteiger partial charge on any atom is 0.407 e. The fourth-order valence-corrected chi connectivity index (χ4v) is 5.14. The molecule has 1 fully saturated rings. The van der Waals surface area contributed by atoms with Gasteiger partial charge in [0.1, 0.15) is 22.4 Å². The highest BCUT2D eigenvalue weighted by Gasteiger charge is 2.33. The highest BCUT2D eigenvalue weighted by Crippen LogP contribution is 2.44. The summed E-state index contributed by atoms with van der Waals surface area (Å²) in [4.78, 5) is 13.4. The number of halogens is 2. The van der Waals surface area contributed by atoms with E-state index >= 15 is 4.39 Å². The maximum absolute atomic E-state index is 15.8. The zero-order valence-electron chi connectivity index (χ0n) is 17.3. The summed E-state index contributed by atoms with van der Waals surface area (Å²) in [5.41, 5.74) is 1.23. The largest absolute Gasteiger partial charge is 0.497 e. The first kappa shape index (κ1) is 20.8. The van der Waals surface area contributed by atoms with E-state index in [1.165, 1.54) is 18.6 Å². The van der Waals surface area contributed by atoms with Gasteiger partial charge in [-0.05, 0) is 46.1 Å². The second-order valence-electron chi connectivity index (χ2n) is 7.51. The number of hydrogen-bond acceptors (Lipinski definition) is 6. The van der Waals surface area contributed by atoms with Gasteiger partial charge in [-0.1, -0.05) is 35.9 Å². The van der Waals surface area contributed by atoms with Crippen LogP contribution < -0.4 is 15.0 Å². The van der Waals surface area contributed by atoms with Gasteiger partial charge < -0.3 is 19.7 Å². The molecule has 1 aliphatic heterocycles. The SMILES string of the molecule is CNC(=O)OC1CN(c2snc3c(F)c(-c4cc(OC)cc5ccccc45)c(Cl)cc23)C1. The Hall–Kier alpha value is -3.10. The molecule has 0 aliphatic carbocycles. The minimum Gasteiger partial charge on any atom is -0.497 e. The number of ether oxygens (including phenoxy) is 2. The number of nitrogens with zero attached hydrogens (tertiary/aromatic N) is 2. The molecule has 1 saturated heterocycles. The predicted octanol–water partition coefficient (Wildman–Crippen LogP) is 5.46. The van der Waals surface area contributed by atoms with Crippen LogP contribution in [0.15, 0.2) is 42.5 Å². The number of methoxy groups -OCH3 is 1. The molecule has 164 valence electrons. The van der Waals surface area contributed by atoms with Crippen molar-refractivity contribution in [2.75, 3.05) is 32.1 Å². The first-order valence-electron chi connectivity index (χ1n) is 9.98. The van der Waals surface area contributed by atoms with Crippen molar-refractivity contribution in [1.82, 2.24) is 9.69 Å². The zero-order chi connectivity index (χ0) is 22.4. The van der Waals surface area contributed by atoms with Crippen molar-refractivity contribution in [3.63, 3.8) is 0 Å². The number of nitrogens with one attached hydrogen (secondary N) is 1. The number of amides is 1. The van der Waals surface area contributed by atoms with Gasteiger partial charge in [-0.25, -0.2) is 9.18 Å². The lowest BCUT2D eigenvalue weighted by Gasteiger charge is -2.38. The lowest BCUT2D eigenvalue weighted by atomic mass is 9.96. The first-order valence-corrected chi connectivity index (χ1v) is 11.1. The lowest BCUT2D eigenvalue weighted by molar-refractivity contribution is 0.0830. The molecule has 0 bridgehead atoms. The quantitative estimate of drug-likeness (QED) is 0.428. The van der Waals surface area contributed by atoms with E-state index in [1.807, 2.05) is 35.2 Å². The second kappa shape index (κ2) is 8.11. The summed E-state index contributed by atoms with van der Waals surface area (Å²) >= 11 is 7.86. The minimum atomic E-state index is -0.466. The summed E-state index contributed by atoms with van der Waals surface area (Å²) in [5, 5.41) is 5.99. The Bertz CT molecular complexity index is 1350. The molecular formula is C23H19ClFN3O3S. The number of hydrogen-bond donors (Lipinski definition) is 1. The molecule has 9 heteroatoms. The Kier molecular flexibility index (Phi) is 5.27. The van der Waals surface area contributed by atoms with E-state index in [-0.39, 0.29) is 11.6 Å². The molecule has 1 aliphatic rings.